The maximum atomic E-state index is 5.78. The van der Waals surface area contributed by atoms with Crippen molar-refractivity contribution < 1.29 is 0 Å². The highest BCUT2D eigenvalue weighted by molar-refractivity contribution is 9.10. The number of nitrogens with zero attached hydrogens (tertiary/aromatic N) is 4. The fourth-order valence-corrected chi connectivity index (χ4v) is 1.97. The van der Waals surface area contributed by atoms with Crippen LogP contribution in [-0.2, 0) is 0 Å². The van der Waals surface area contributed by atoms with Crippen LogP contribution in [0.4, 0.5) is 0 Å². The van der Waals surface area contributed by atoms with Gasteiger partial charge in [0.1, 0.15) is 11.3 Å². The molecule has 2 aromatic heterocycles. The minimum absolute atomic E-state index is 0.142. The van der Waals surface area contributed by atoms with Gasteiger partial charge in [-0.25, -0.2) is 14.6 Å². The maximum Gasteiger partial charge on any atom is 0.208 e. The molecule has 0 aromatic carbocycles. The van der Waals surface area contributed by atoms with Gasteiger partial charge in [-0.2, -0.15) is 0 Å². The summed E-state index contributed by atoms with van der Waals surface area (Å²) in [6.07, 6.45) is 3.00. The van der Waals surface area contributed by atoms with E-state index in [0.29, 0.717) is 21.1 Å². The molecule has 2 aromatic rings. The second-order valence-electron chi connectivity index (χ2n) is 2.84. The van der Waals surface area contributed by atoms with Gasteiger partial charge in [-0.15, -0.1) is 5.10 Å². The number of aromatic nitrogens is 4. The molecule has 0 fully saturated rings. The van der Waals surface area contributed by atoms with Crippen molar-refractivity contribution >= 4 is 44.7 Å². The van der Waals surface area contributed by atoms with Gasteiger partial charge < -0.3 is 5.73 Å². The fraction of sp³-hybridized carbons (Fsp3) is 0. The van der Waals surface area contributed by atoms with Gasteiger partial charge in [0, 0.05) is 6.20 Å². The molecule has 16 heavy (non-hydrogen) atoms. The van der Waals surface area contributed by atoms with Crippen molar-refractivity contribution in [3.63, 3.8) is 0 Å². The third kappa shape index (κ3) is 2.21. The molecule has 0 saturated carbocycles. The molecular formula is C8H5BrClN5S. The lowest BCUT2D eigenvalue weighted by atomic mass is 10.5. The molecule has 0 amide bonds. The van der Waals surface area contributed by atoms with Crippen LogP contribution in [0.15, 0.2) is 23.1 Å². The standard InChI is InChI=1S/C8H5BrClN5S/c9-5-1-4(10)2-12-8(5)15-3-13-7(14-15)6(11)16/h1-3H,(H2,11,16). The molecule has 0 spiro atoms. The zero-order valence-corrected chi connectivity index (χ0v) is 10.9. The summed E-state index contributed by atoms with van der Waals surface area (Å²) >= 11 is 13.9. The van der Waals surface area contributed by atoms with Crippen LogP contribution in [0.2, 0.25) is 5.02 Å². The molecule has 8 heteroatoms. The topological polar surface area (TPSA) is 69.6 Å². The third-order valence-corrected chi connectivity index (χ3v) is 2.69. The third-order valence-electron chi connectivity index (χ3n) is 1.72. The first kappa shape index (κ1) is 11.4. The summed E-state index contributed by atoms with van der Waals surface area (Å²) in [5, 5.41) is 4.61. The van der Waals surface area contributed by atoms with E-state index in [0.717, 1.165) is 0 Å². The predicted octanol–water partition coefficient (Wildman–Crippen LogP) is 1.71. The van der Waals surface area contributed by atoms with Crippen LogP contribution in [0.1, 0.15) is 5.82 Å². The number of hydrogen-bond donors (Lipinski definition) is 1. The average Bonchev–Trinajstić information content (AvgIpc) is 2.66. The summed E-state index contributed by atoms with van der Waals surface area (Å²) in [6, 6.07) is 1.71. The van der Waals surface area contributed by atoms with Crippen molar-refractivity contribution in [2.75, 3.05) is 0 Å². The summed E-state index contributed by atoms with van der Waals surface area (Å²) in [5.74, 6) is 0.873. The van der Waals surface area contributed by atoms with E-state index in [9.17, 15) is 0 Å². The summed E-state index contributed by atoms with van der Waals surface area (Å²) in [7, 11) is 0. The lowest BCUT2D eigenvalue weighted by Crippen LogP contribution is -2.12. The van der Waals surface area contributed by atoms with E-state index >= 15 is 0 Å². The summed E-state index contributed by atoms with van der Waals surface area (Å²) in [6.45, 7) is 0. The molecule has 2 rings (SSSR count). The Hall–Kier alpha value is -1.05. The van der Waals surface area contributed by atoms with Crippen LogP contribution in [0.3, 0.4) is 0 Å². The zero-order chi connectivity index (χ0) is 11.7. The molecule has 0 aliphatic heterocycles. The summed E-state index contributed by atoms with van der Waals surface area (Å²) in [5.41, 5.74) is 5.41. The fourth-order valence-electron chi connectivity index (χ4n) is 1.05. The molecule has 0 atom stereocenters. The highest BCUT2D eigenvalue weighted by Gasteiger charge is 2.09. The Labute approximate surface area is 110 Å². The Bertz CT molecular complexity index is 555. The molecule has 0 bridgehead atoms. The van der Waals surface area contributed by atoms with Crippen LogP contribution >= 0.6 is 39.7 Å². The van der Waals surface area contributed by atoms with Crippen molar-refractivity contribution in [2.45, 2.75) is 0 Å². The lowest BCUT2D eigenvalue weighted by Gasteiger charge is -2.01. The van der Waals surface area contributed by atoms with Crippen LogP contribution in [0, 0.1) is 0 Å². The number of pyridine rings is 1. The van der Waals surface area contributed by atoms with Crippen LogP contribution < -0.4 is 5.73 Å². The lowest BCUT2D eigenvalue weighted by molar-refractivity contribution is 0.837. The Balaban J connectivity index is 2.46. The molecule has 0 aliphatic rings. The number of rotatable bonds is 2. The molecule has 2 N–H and O–H groups in total. The van der Waals surface area contributed by atoms with Crippen LogP contribution in [0.25, 0.3) is 5.82 Å². The number of halogens is 2. The minimum atomic E-state index is 0.142. The van der Waals surface area contributed by atoms with E-state index in [2.05, 4.69) is 31.0 Å². The molecule has 0 saturated heterocycles. The normalized spacial score (nSPS) is 10.4. The zero-order valence-electron chi connectivity index (χ0n) is 7.76. The molecule has 82 valence electrons. The van der Waals surface area contributed by atoms with E-state index in [1.54, 1.807) is 6.07 Å². The monoisotopic (exact) mass is 317 g/mol. The number of thiocarbonyl (C=S) groups is 1. The predicted molar refractivity (Wildman–Crippen MR) is 67.8 cm³/mol. The van der Waals surface area contributed by atoms with Crippen molar-refractivity contribution in [1.82, 2.24) is 19.7 Å². The Morgan fingerprint density at radius 3 is 2.81 bits per heavy atom. The second kappa shape index (κ2) is 4.44. The van der Waals surface area contributed by atoms with E-state index in [4.69, 9.17) is 29.6 Å². The maximum absolute atomic E-state index is 5.78. The Kier molecular flexibility index (Phi) is 3.17. The van der Waals surface area contributed by atoms with Gasteiger partial charge in [0.05, 0.1) is 9.50 Å². The highest BCUT2D eigenvalue weighted by atomic mass is 79.9. The SMILES string of the molecule is NC(=S)c1ncn(-c2ncc(Cl)cc2Br)n1. The molecule has 5 nitrogen and oxygen atoms in total. The van der Waals surface area contributed by atoms with Crippen LogP contribution in [0.5, 0.6) is 0 Å². The second-order valence-corrected chi connectivity index (χ2v) is 4.57. The van der Waals surface area contributed by atoms with Crippen molar-refractivity contribution in [1.29, 1.82) is 0 Å². The smallest absolute Gasteiger partial charge is 0.208 e. The van der Waals surface area contributed by atoms with E-state index < -0.39 is 0 Å². The largest absolute Gasteiger partial charge is 0.387 e. The molecule has 0 radical (unpaired) electrons. The van der Waals surface area contributed by atoms with Gasteiger partial charge in [-0.05, 0) is 22.0 Å². The van der Waals surface area contributed by atoms with Gasteiger partial charge in [0.15, 0.2) is 5.82 Å². The van der Waals surface area contributed by atoms with Gasteiger partial charge in [-0.1, -0.05) is 23.8 Å². The van der Waals surface area contributed by atoms with Gasteiger partial charge in [-0.3, -0.25) is 0 Å². The van der Waals surface area contributed by atoms with Crippen LogP contribution in [-0.4, -0.2) is 24.7 Å². The van der Waals surface area contributed by atoms with Crippen molar-refractivity contribution in [3.05, 3.63) is 33.9 Å². The summed E-state index contributed by atoms with van der Waals surface area (Å²) in [4.78, 5) is 8.21. The van der Waals surface area contributed by atoms with Gasteiger partial charge >= 0.3 is 0 Å². The van der Waals surface area contributed by atoms with E-state index in [-0.39, 0.29) is 4.99 Å². The van der Waals surface area contributed by atoms with Crippen molar-refractivity contribution in [2.24, 2.45) is 5.73 Å². The molecule has 0 aliphatic carbocycles. The average molecular weight is 319 g/mol. The molecule has 2 heterocycles. The Morgan fingerprint density at radius 1 is 1.50 bits per heavy atom. The first-order valence-corrected chi connectivity index (χ1v) is 5.69. The molecular weight excluding hydrogens is 314 g/mol. The van der Waals surface area contributed by atoms with Gasteiger partial charge in [0.25, 0.3) is 0 Å². The number of nitrogens with two attached hydrogens (primary N) is 1. The van der Waals surface area contributed by atoms with E-state index in [1.165, 1.54) is 17.2 Å². The first-order valence-electron chi connectivity index (χ1n) is 4.11. The quantitative estimate of drug-likeness (QED) is 0.854. The minimum Gasteiger partial charge on any atom is -0.387 e. The Morgan fingerprint density at radius 2 is 2.25 bits per heavy atom. The van der Waals surface area contributed by atoms with E-state index in [1.807, 2.05) is 0 Å². The van der Waals surface area contributed by atoms with Gasteiger partial charge in [0.2, 0.25) is 5.82 Å². The molecule has 0 unspecified atom stereocenters. The van der Waals surface area contributed by atoms with Crippen molar-refractivity contribution in [3.8, 4) is 5.82 Å². The first-order chi connectivity index (χ1) is 7.58. The highest BCUT2D eigenvalue weighted by Crippen LogP contribution is 2.21. The number of hydrogen-bond acceptors (Lipinski definition) is 4. The summed E-state index contributed by atoms with van der Waals surface area (Å²) < 4.78 is 2.17.